The average Bonchev–Trinajstić information content (AvgIpc) is 2.71. The van der Waals surface area contributed by atoms with Crippen molar-refractivity contribution in [1.82, 2.24) is 9.80 Å². The summed E-state index contributed by atoms with van der Waals surface area (Å²) in [4.78, 5) is 40.7. The van der Waals surface area contributed by atoms with Gasteiger partial charge in [0.1, 0.15) is 5.75 Å². The summed E-state index contributed by atoms with van der Waals surface area (Å²) in [7, 11) is 3.25. The number of fused-ring (bicyclic) bond motifs is 1. The molecule has 23 heavy (non-hydrogen) atoms. The zero-order valence-corrected chi connectivity index (χ0v) is 13.4. The zero-order valence-electron chi connectivity index (χ0n) is 13.4. The number of amides is 2. The van der Waals surface area contributed by atoms with Crippen LogP contribution in [0.15, 0.2) is 18.2 Å². The number of hydrogen-bond donors (Lipinski definition) is 0. The average molecular weight is 316 g/mol. The molecule has 2 aliphatic rings. The lowest BCUT2D eigenvalue weighted by molar-refractivity contribution is -0.130. The molecule has 122 valence electrons. The van der Waals surface area contributed by atoms with Crippen molar-refractivity contribution >= 4 is 17.6 Å². The van der Waals surface area contributed by atoms with E-state index >= 15 is 0 Å². The third-order valence-corrected chi connectivity index (χ3v) is 4.64. The summed E-state index contributed by atoms with van der Waals surface area (Å²) in [5.41, 5.74) is 0.721. The fraction of sp³-hybridized carbons (Fsp3) is 0.471. The highest BCUT2D eigenvalue weighted by molar-refractivity contribution is 6.15. The molecule has 6 heteroatoms. The first-order valence-electron chi connectivity index (χ1n) is 7.78. The molecule has 2 aliphatic heterocycles. The van der Waals surface area contributed by atoms with Crippen LogP contribution in [-0.4, -0.2) is 60.7 Å². The van der Waals surface area contributed by atoms with Crippen molar-refractivity contribution < 1.29 is 19.1 Å². The number of likely N-dealkylation sites (tertiary alicyclic amines) is 1. The number of methoxy groups -OCH3 is 1. The van der Waals surface area contributed by atoms with Gasteiger partial charge in [0.15, 0.2) is 5.78 Å². The van der Waals surface area contributed by atoms with Gasteiger partial charge in [-0.2, -0.15) is 0 Å². The van der Waals surface area contributed by atoms with E-state index in [1.54, 1.807) is 35.0 Å². The van der Waals surface area contributed by atoms with Crippen molar-refractivity contribution in [2.24, 2.45) is 0 Å². The summed E-state index contributed by atoms with van der Waals surface area (Å²) in [5.74, 6) is 0.0872. The SMILES string of the molecule is COc1cccc2c1C(=O)N(C1CCCN(C)C(=O)C1)CC2=O. The number of hydrogen-bond acceptors (Lipinski definition) is 4. The molecule has 3 rings (SSSR count). The molecule has 0 bridgehead atoms. The quantitative estimate of drug-likeness (QED) is 0.826. The fourth-order valence-electron chi connectivity index (χ4n) is 3.32. The third-order valence-electron chi connectivity index (χ3n) is 4.64. The molecule has 1 aromatic rings. The molecule has 0 saturated carbocycles. The minimum absolute atomic E-state index is 0.0126. The van der Waals surface area contributed by atoms with Gasteiger partial charge in [0.2, 0.25) is 5.91 Å². The van der Waals surface area contributed by atoms with Gasteiger partial charge in [0.25, 0.3) is 5.91 Å². The number of ketones is 1. The van der Waals surface area contributed by atoms with E-state index in [2.05, 4.69) is 0 Å². The molecule has 0 aromatic heterocycles. The van der Waals surface area contributed by atoms with E-state index in [1.165, 1.54) is 7.11 Å². The monoisotopic (exact) mass is 316 g/mol. The van der Waals surface area contributed by atoms with Crippen molar-refractivity contribution in [1.29, 1.82) is 0 Å². The topological polar surface area (TPSA) is 66.9 Å². The Morgan fingerprint density at radius 3 is 2.74 bits per heavy atom. The fourth-order valence-corrected chi connectivity index (χ4v) is 3.32. The standard InChI is InChI=1S/C17H20N2O4/c1-18-8-4-5-11(9-15(18)21)19-10-13(20)12-6-3-7-14(23-2)16(12)17(19)22/h3,6-7,11H,4-5,8-10H2,1-2H3. The Balaban J connectivity index is 1.95. The molecule has 2 heterocycles. The molecule has 1 atom stereocenters. The minimum atomic E-state index is -0.234. The van der Waals surface area contributed by atoms with Crippen LogP contribution in [0.2, 0.25) is 0 Å². The van der Waals surface area contributed by atoms with Crippen LogP contribution in [0.3, 0.4) is 0 Å². The maximum atomic E-state index is 12.9. The van der Waals surface area contributed by atoms with Crippen molar-refractivity contribution in [3.8, 4) is 5.75 Å². The Morgan fingerprint density at radius 2 is 2.00 bits per heavy atom. The predicted molar refractivity (Wildman–Crippen MR) is 83.6 cm³/mol. The second-order valence-electron chi connectivity index (χ2n) is 6.05. The molecule has 1 aromatic carbocycles. The molecule has 1 unspecified atom stereocenters. The Morgan fingerprint density at radius 1 is 1.22 bits per heavy atom. The Labute approximate surface area is 135 Å². The van der Waals surface area contributed by atoms with Crippen LogP contribution >= 0.6 is 0 Å². The minimum Gasteiger partial charge on any atom is -0.496 e. The molecule has 0 N–H and O–H groups in total. The Hall–Kier alpha value is -2.37. The second-order valence-corrected chi connectivity index (χ2v) is 6.05. The van der Waals surface area contributed by atoms with Crippen LogP contribution in [0.1, 0.15) is 40.0 Å². The first kappa shape index (κ1) is 15.5. The van der Waals surface area contributed by atoms with Gasteiger partial charge < -0.3 is 14.5 Å². The molecule has 6 nitrogen and oxygen atoms in total. The van der Waals surface area contributed by atoms with E-state index in [-0.39, 0.29) is 36.6 Å². The first-order chi connectivity index (χ1) is 11.0. The van der Waals surface area contributed by atoms with Gasteiger partial charge in [-0.25, -0.2) is 0 Å². The first-order valence-corrected chi connectivity index (χ1v) is 7.78. The van der Waals surface area contributed by atoms with Gasteiger partial charge >= 0.3 is 0 Å². The zero-order chi connectivity index (χ0) is 16.6. The van der Waals surface area contributed by atoms with Crippen molar-refractivity contribution in [2.75, 3.05) is 27.2 Å². The number of carbonyl (C=O) groups is 3. The number of rotatable bonds is 2. The summed E-state index contributed by atoms with van der Waals surface area (Å²) in [6, 6.07) is 4.81. The van der Waals surface area contributed by atoms with E-state index in [0.29, 0.717) is 23.4 Å². The van der Waals surface area contributed by atoms with Gasteiger partial charge in [-0.15, -0.1) is 0 Å². The predicted octanol–water partition coefficient (Wildman–Crippen LogP) is 1.34. The maximum Gasteiger partial charge on any atom is 0.259 e. The normalized spacial score (nSPS) is 22.0. The summed E-state index contributed by atoms with van der Waals surface area (Å²) in [6.07, 6.45) is 1.81. The Bertz CT molecular complexity index is 671. The summed E-state index contributed by atoms with van der Waals surface area (Å²) < 4.78 is 5.26. The second kappa shape index (κ2) is 6.02. The van der Waals surface area contributed by atoms with Crippen LogP contribution < -0.4 is 4.74 Å². The maximum absolute atomic E-state index is 12.9. The molecule has 1 saturated heterocycles. The van der Waals surface area contributed by atoms with Gasteiger partial charge in [0, 0.05) is 31.6 Å². The smallest absolute Gasteiger partial charge is 0.259 e. The van der Waals surface area contributed by atoms with Crippen LogP contribution in [0.5, 0.6) is 5.75 Å². The Kier molecular flexibility index (Phi) is 4.07. The summed E-state index contributed by atoms with van der Waals surface area (Å²) >= 11 is 0. The number of carbonyl (C=O) groups excluding carboxylic acids is 3. The largest absolute Gasteiger partial charge is 0.496 e. The van der Waals surface area contributed by atoms with Crippen molar-refractivity contribution in [2.45, 2.75) is 25.3 Å². The van der Waals surface area contributed by atoms with Gasteiger partial charge in [-0.1, -0.05) is 12.1 Å². The van der Waals surface area contributed by atoms with Crippen molar-refractivity contribution in [3.05, 3.63) is 29.3 Å². The molecule has 1 fully saturated rings. The molecule has 0 aliphatic carbocycles. The lowest BCUT2D eigenvalue weighted by Gasteiger charge is -2.34. The molecular weight excluding hydrogens is 296 g/mol. The molecule has 0 spiro atoms. The molecule has 2 amide bonds. The number of benzene rings is 1. The number of Topliss-reactive ketones (excluding diaryl/α,β-unsaturated/α-hetero) is 1. The lowest BCUT2D eigenvalue weighted by atomic mass is 9.94. The van der Waals surface area contributed by atoms with Gasteiger partial charge in [-0.05, 0) is 18.9 Å². The molecular formula is C17H20N2O4. The van der Waals surface area contributed by atoms with E-state index in [0.717, 1.165) is 12.8 Å². The van der Waals surface area contributed by atoms with Crippen LogP contribution in [0, 0.1) is 0 Å². The van der Waals surface area contributed by atoms with Crippen LogP contribution in [0.25, 0.3) is 0 Å². The van der Waals surface area contributed by atoms with E-state index in [9.17, 15) is 14.4 Å². The van der Waals surface area contributed by atoms with Gasteiger partial charge in [0.05, 0.1) is 19.2 Å². The van der Waals surface area contributed by atoms with Crippen LogP contribution in [-0.2, 0) is 4.79 Å². The summed E-state index contributed by atoms with van der Waals surface area (Å²) in [5, 5.41) is 0. The lowest BCUT2D eigenvalue weighted by Crippen LogP contribution is -2.48. The van der Waals surface area contributed by atoms with E-state index < -0.39 is 0 Å². The van der Waals surface area contributed by atoms with Crippen LogP contribution in [0.4, 0.5) is 0 Å². The van der Waals surface area contributed by atoms with E-state index in [4.69, 9.17) is 4.74 Å². The van der Waals surface area contributed by atoms with Gasteiger partial charge in [-0.3, -0.25) is 14.4 Å². The highest BCUT2D eigenvalue weighted by atomic mass is 16.5. The summed E-state index contributed by atoms with van der Waals surface area (Å²) in [6.45, 7) is 0.714. The molecule has 0 radical (unpaired) electrons. The number of ether oxygens (including phenoxy) is 1. The highest BCUT2D eigenvalue weighted by Gasteiger charge is 2.37. The van der Waals surface area contributed by atoms with Crippen molar-refractivity contribution in [3.63, 3.8) is 0 Å². The van der Waals surface area contributed by atoms with E-state index in [1.807, 2.05) is 0 Å². The number of nitrogens with zero attached hydrogens (tertiary/aromatic N) is 2. The third kappa shape index (κ3) is 2.69. The highest BCUT2D eigenvalue weighted by Crippen LogP contribution is 2.30.